The second kappa shape index (κ2) is 12.3. The lowest BCUT2D eigenvalue weighted by atomic mass is 9.47. The Morgan fingerprint density at radius 3 is 2.04 bits per heavy atom. The standard InChI is InChI=1S/C42H46O5/c1-28(47-42(29-13-7-4-8-14-29,30-15-9-5-10-16-30)31-17-11-6-12-18-31)25-38(45)46-37-22-21-35-34-20-19-32-26-33(43)23-24-40(32,2)39(34)36(44)27-41(35,37)3/h4-18,23-24,26,28,34-37,39,44H,19-22,25,27H2,1-3H3/t28-,34?,35?,36?,37?,39?,40?,41?/m0/s1. The number of carbonyl (C=O) groups is 2. The number of allylic oxidation sites excluding steroid dienone is 4. The van der Waals surface area contributed by atoms with Crippen LogP contribution in [-0.4, -0.2) is 35.2 Å². The number of hydrogen-bond acceptors (Lipinski definition) is 5. The van der Waals surface area contributed by atoms with E-state index in [9.17, 15) is 14.7 Å². The monoisotopic (exact) mass is 630 g/mol. The summed E-state index contributed by atoms with van der Waals surface area (Å²) in [4.78, 5) is 25.9. The van der Waals surface area contributed by atoms with Crippen molar-refractivity contribution in [3.05, 3.63) is 131 Å². The number of ether oxygens (including phenoxy) is 2. The first kappa shape index (κ1) is 31.8. The molecular formula is C42H46O5. The van der Waals surface area contributed by atoms with E-state index in [4.69, 9.17) is 9.47 Å². The predicted molar refractivity (Wildman–Crippen MR) is 182 cm³/mol. The van der Waals surface area contributed by atoms with Gasteiger partial charge in [-0.1, -0.05) is 116 Å². The molecule has 8 atom stereocenters. The molecule has 0 saturated heterocycles. The maximum absolute atomic E-state index is 13.7. The molecule has 5 nitrogen and oxygen atoms in total. The second-order valence-corrected chi connectivity index (χ2v) is 14.8. The highest BCUT2D eigenvalue weighted by atomic mass is 16.6. The van der Waals surface area contributed by atoms with Gasteiger partial charge >= 0.3 is 5.97 Å². The summed E-state index contributed by atoms with van der Waals surface area (Å²) in [5.41, 5.74) is 2.61. The van der Waals surface area contributed by atoms with E-state index in [2.05, 4.69) is 50.2 Å². The number of ketones is 1. The molecule has 3 aromatic rings. The van der Waals surface area contributed by atoms with Gasteiger partial charge in [-0.25, -0.2) is 0 Å². The number of hydrogen-bond donors (Lipinski definition) is 1. The number of aliphatic hydroxyl groups excluding tert-OH is 1. The molecule has 0 aromatic heterocycles. The zero-order valence-corrected chi connectivity index (χ0v) is 27.7. The van der Waals surface area contributed by atoms with Crippen LogP contribution in [0.5, 0.6) is 0 Å². The molecule has 0 radical (unpaired) electrons. The topological polar surface area (TPSA) is 72.8 Å². The van der Waals surface area contributed by atoms with Crippen LogP contribution in [0.1, 0.15) is 76.0 Å². The van der Waals surface area contributed by atoms with Crippen molar-refractivity contribution in [2.75, 3.05) is 0 Å². The zero-order valence-electron chi connectivity index (χ0n) is 27.7. The van der Waals surface area contributed by atoms with Crippen LogP contribution in [-0.2, 0) is 24.7 Å². The molecule has 4 aliphatic carbocycles. The molecule has 244 valence electrons. The van der Waals surface area contributed by atoms with E-state index in [-0.39, 0.29) is 41.0 Å². The summed E-state index contributed by atoms with van der Waals surface area (Å²) in [5, 5.41) is 11.7. The molecule has 0 bridgehead atoms. The van der Waals surface area contributed by atoms with Gasteiger partial charge in [0.1, 0.15) is 11.7 Å². The minimum Gasteiger partial charge on any atom is -0.462 e. The number of carbonyl (C=O) groups excluding carboxylic acids is 2. The third kappa shape index (κ3) is 5.42. The van der Waals surface area contributed by atoms with Crippen LogP contribution in [0.15, 0.2) is 115 Å². The van der Waals surface area contributed by atoms with Gasteiger partial charge in [0.05, 0.1) is 18.6 Å². The number of aliphatic hydroxyl groups is 1. The highest BCUT2D eigenvalue weighted by molar-refractivity contribution is 6.01. The van der Waals surface area contributed by atoms with Crippen molar-refractivity contribution in [1.82, 2.24) is 0 Å². The molecular weight excluding hydrogens is 584 g/mol. The Balaban J connectivity index is 1.10. The summed E-state index contributed by atoms with van der Waals surface area (Å²) in [6.07, 6.45) is 8.60. The van der Waals surface area contributed by atoms with Crippen molar-refractivity contribution in [1.29, 1.82) is 0 Å². The maximum atomic E-state index is 13.7. The smallest absolute Gasteiger partial charge is 0.308 e. The van der Waals surface area contributed by atoms with Crippen molar-refractivity contribution in [2.45, 2.75) is 83.2 Å². The van der Waals surface area contributed by atoms with Crippen molar-refractivity contribution < 1.29 is 24.2 Å². The van der Waals surface area contributed by atoms with Gasteiger partial charge < -0.3 is 14.6 Å². The first-order valence-corrected chi connectivity index (χ1v) is 17.3. The van der Waals surface area contributed by atoms with Crippen LogP contribution in [0.25, 0.3) is 0 Å². The fourth-order valence-corrected chi connectivity index (χ4v) is 9.98. The SMILES string of the molecule is C[C@@H](CC(=O)OC1CCC2C3CCC4=CC(=O)C=CC4(C)C3C(O)CC12C)OC(c1ccccc1)(c1ccccc1)c1ccccc1. The molecule has 0 aliphatic heterocycles. The van der Waals surface area contributed by atoms with E-state index in [0.29, 0.717) is 18.3 Å². The Morgan fingerprint density at radius 1 is 0.894 bits per heavy atom. The van der Waals surface area contributed by atoms with Gasteiger partial charge in [-0.15, -0.1) is 0 Å². The van der Waals surface area contributed by atoms with Gasteiger partial charge in [-0.3, -0.25) is 9.59 Å². The zero-order chi connectivity index (χ0) is 32.8. The lowest BCUT2D eigenvalue weighted by Gasteiger charge is -2.58. The minimum atomic E-state index is -0.918. The Morgan fingerprint density at radius 2 is 1.47 bits per heavy atom. The van der Waals surface area contributed by atoms with Crippen LogP contribution in [0.3, 0.4) is 0 Å². The number of benzene rings is 3. The van der Waals surface area contributed by atoms with E-state index in [0.717, 1.165) is 47.9 Å². The summed E-state index contributed by atoms with van der Waals surface area (Å²) < 4.78 is 13.4. The summed E-state index contributed by atoms with van der Waals surface area (Å²) in [7, 11) is 0. The Hall–Kier alpha value is -3.80. The van der Waals surface area contributed by atoms with Crippen LogP contribution >= 0.6 is 0 Å². The molecule has 47 heavy (non-hydrogen) atoms. The van der Waals surface area contributed by atoms with Crippen LogP contribution < -0.4 is 0 Å². The Labute approximate surface area is 278 Å². The largest absolute Gasteiger partial charge is 0.462 e. The molecule has 7 unspecified atom stereocenters. The normalized spacial score (nSPS) is 32.0. The molecule has 4 aliphatic rings. The second-order valence-electron chi connectivity index (χ2n) is 14.8. The summed E-state index contributed by atoms with van der Waals surface area (Å²) >= 11 is 0. The highest BCUT2D eigenvalue weighted by Crippen LogP contribution is 2.65. The van der Waals surface area contributed by atoms with Crippen molar-refractivity contribution in [3.63, 3.8) is 0 Å². The van der Waals surface area contributed by atoms with Crippen molar-refractivity contribution in [2.24, 2.45) is 28.6 Å². The number of rotatable bonds is 8. The third-order valence-electron chi connectivity index (χ3n) is 12.1. The van der Waals surface area contributed by atoms with Gasteiger partial charge in [0, 0.05) is 16.7 Å². The van der Waals surface area contributed by atoms with E-state index >= 15 is 0 Å². The minimum absolute atomic E-state index is 0.0469. The molecule has 7 rings (SSSR count). The van der Waals surface area contributed by atoms with Crippen molar-refractivity contribution >= 4 is 11.8 Å². The first-order valence-electron chi connectivity index (χ1n) is 17.3. The van der Waals surface area contributed by atoms with Gasteiger partial charge in [-0.2, -0.15) is 0 Å². The molecule has 3 fully saturated rings. The third-order valence-corrected chi connectivity index (χ3v) is 12.1. The predicted octanol–water partition coefficient (Wildman–Crippen LogP) is 7.96. The fraction of sp³-hybridized carbons (Fsp3) is 0.429. The number of fused-ring (bicyclic) bond motifs is 5. The van der Waals surface area contributed by atoms with E-state index in [1.807, 2.05) is 67.6 Å². The molecule has 5 heteroatoms. The molecule has 1 N–H and O–H groups in total. The van der Waals surface area contributed by atoms with Gasteiger partial charge in [0.15, 0.2) is 5.78 Å². The average molecular weight is 631 g/mol. The van der Waals surface area contributed by atoms with Gasteiger partial charge in [-0.05, 0) is 79.7 Å². The highest BCUT2D eigenvalue weighted by Gasteiger charge is 2.62. The fourth-order valence-electron chi connectivity index (χ4n) is 9.98. The van der Waals surface area contributed by atoms with Gasteiger partial charge in [0.25, 0.3) is 0 Å². The summed E-state index contributed by atoms with van der Waals surface area (Å²) in [6.45, 7) is 6.37. The van der Waals surface area contributed by atoms with E-state index < -0.39 is 17.8 Å². The Kier molecular flexibility index (Phi) is 8.34. The Bertz CT molecular complexity index is 1570. The molecule has 0 amide bonds. The lowest BCUT2D eigenvalue weighted by Crippen LogP contribution is -2.56. The quantitative estimate of drug-likeness (QED) is 0.202. The lowest BCUT2D eigenvalue weighted by molar-refractivity contribution is -0.171. The van der Waals surface area contributed by atoms with E-state index in [1.54, 1.807) is 12.2 Å². The number of esters is 1. The van der Waals surface area contributed by atoms with Crippen molar-refractivity contribution in [3.8, 4) is 0 Å². The first-order chi connectivity index (χ1) is 22.6. The summed E-state index contributed by atoms with van der Waals surface area (Å²) in [6, 6.07) is 30.6. The van der Waals surface area contributed by atoms with Gasteiger partial charge in [0.2, 0.25) is 0 Å². The van der Waals surface area contributed by atoms with Crippen LogP contribution in [0.4, 0.5) is 0 Å². The molecule has 0 spiro atoms. The average Bonchev–Trinajstić information content (AvgIpc) is 3.39. The summed E-state index contributed by atoms with van der Waals surface area (Å²) in [5.74, 6) is 0.519. The molecule has 0 heterocycles. The van der Waals surface area contributed by atoms with Crippen LogP contribution in [0, 0.1) is 28.6 Å². The van der Waals surface area contributed by atoms with Crippen LogP contribution in [0.2, 0.25) is 0 Å². The maximum Gasteiger partial charge on any atom is 0.308 e. The molecule has 3 saturated carbocycles. The molecule has 3 aromatic carbocycles. The van der Waals surface area contributed by atoms with E-state index in [1.165, 1.54) is 0 Å².